The van der Waals surface area contributed by atoms with E-state index in [9.17, 15) is 14.4 Å². The number of nitrogens with zero attached hydrogens (tertiary/aromatic N) is 2. The first-order chi connectivity index (χ1) is 13.5. The maximum atomic E-state index is 12.9. The van der Waals surface area contributed by atoms with E-state index in [4.69, 9.17) is 0 Å². The maximum absolute atomic E-state index is 12.9. The van der Waals surface area contributed by atoms with Gasteiger partial charge in [0.25, 0.3) is 5.91 Å². The first kappa shape index (κ1) is 17.8. The van der Waals surface area contributed by atoms with E-state index in [0.717, 1.165) is 31.7 Å². The smallest absolute Gasteiger partial charge is 0.255 e. The van der Waals surface area contributed by atoms with Gasteiger partial charge in [-0.2, -0.15) is 0 Å². The maximum Gasteiger partial charge on any atom is 0.255 e. The number of fused-ring (bicyclic) bond motifs is 1. The predicted octanol–water partition coefficient (Wildman–Crippen LogP) is 0.776. The van der Waals surface area contributed by atoms with Crippen LogP contribution in [-0.2, 0) is 22.7 Å². The molecule has 4 aliphatic heterocycles. The van der Waals surface area contributed by atoms with Crippen LogP contribution >= 0.6 is 0 Å². The number of piperidine rings is 2. The number of imide groups is 1. The Morgan fingerprint density at radius 1 is 1.11 bits per heavy atom. The fraction of sp³-hybridized carbons (Fsp3) is 0.571. The van der Waals surface area contributed by atoms with E-state index < -0.39 is 6.04 Å². The average molecular weight is 382 g/mol. The summed E-state index contributed by atoms with van der Waals surface area (Å²) in [4.78, 5) is 40.7. The van der Waals surface area contributed by atoms with Gasteiger partial charge in [0, 0.05) is 43.7 Å². The molecule has 0 saturated carbocycles. The zero-order chi connectivity index (χ0) is 19.3. The van der Waals surface area contributed by atoms with Crippen molar-refractivity contribution in [3.63, 3.8) is 0 Å². The topological polar surface area (TPSA) is 81.8 Å². The van der Waals surface area contributed by atoms with E-state index in [1.54, 1.807) is 4.90 Å². The summed E-state index contributed by atoms with van der Waals surface area (Å²) >= 11 is 0. The molecule has 3 saturated heterocycles. The third-order valence-corrected chi connectivity index (χ3v) is 6.99. The molecule has 4 heterocycles. The van der Waals surface area contributed by atoms with E-state index >= 15 is 0 Å². The number of rotatable bonds is 3. The zero-order valence-electron chi connectivity index (χ0n) is 16.0. The first-order valence-corrected chi connectivity index (χ1v) is 10.3. The molecule has 1 spiro atoms. The SMILES string of the molecule is O=C1CCC(N2Cc3c(CN4CCC5(CCN5)CC4)cccc3C2=O)C(=O)N1. The molecule has 0 aliphatic carbocycles. The highest BCUT2D eigenvalue weighted by Crippen LogP contribution is 2.33. The number of nitrogens with one attached hydrogen (secondary N) is 2. The van der Waals surface area contributed by atoms with Crippen molar-refractivity contribution in [1.82, 2.24) is 20.4 Å². The van der Waals surface area contributed by atoms with Gasteiger partial charge in [0.1, 0.15) is 6.04 Å². The Labute approximate surface area is 164 Å². The van der Waals surface area contributed by atoms with Gasteiger partial charge < -0.3 is 10.2 Å². The summed E-state index contributed by atoms with van der Waals surface area (Å²) in [7, 11) is 0. The molecule has 3 amide bonds. The Bertz CT molecular complexity index is 838. The van der Waals surface area contributed by atoms with Crippen molar-refractivity contribution in [2.75, 3.05) is 19.6 Å². The van der Waals surface area contributed by atoms with Crippen LogP contribution in [-0.4, -0.2) is 58.7 Å². The molecule has 1 unspecified atom stereocenters. The molecule has 0 aromatic heterocycles. The lowest BCUT2D eigenvalue weighted by Gasteiger charge is -2.49. The molecule has 7 heteroatoms. The predicted molar refractivity (Wildman–Crippen MR) is 102 cm³/mol. The average Bonchev–Trinajstić information content (AvgIpc) is 2.99. The molecule has 0 bridgehead atoms. The van der Waals surface area contributed by atoms with E-state index in [1.165, 1.54) is 24.8 Å². The quantitative estimate of drug-likeness (QED) is 0.755. The molecular weight excluding hydrogens is 356 g/mol. The molecule has 4 aliphatic rings. The Balaban J connectivity index is 1.31. The number of likely N-dealkylation sites (tertiary alicyclic amines) is 1. The van der Waals surface area contributed by atoms with E-state index in [2.05, 4.69) is 21.6 Å². The Kier molecular flexibility index (Phi) is 4.25. The normalized spacial score (nSPS) is 26.9. The van der Waals surface area contributed by atoms with Crippen LogP contribution in [0.25, 0.3) is 0 Å². The minimum Gasteiger partial charge on any atom is -0.322 e. The third kappa shape index (κ3) is 2.93. The third-order valence-electron chi connectivity index (χ3n) is 6.99. The highest BCUT2D eigenvalue weighted by Gasteiger charge is 2.41. The molecule has 1 atom stereocenters. The lowest BCUT2D eigenvalue weighted by Crippen LogP contribution is -2.61. The Morgan fingerprint density at radius 2 is 1.89 bits per heavy atom. The lowest BCUT2D eigenvalue weighted by molar-refractivity contribution is -0.136. The van der Waals surface area contributed by atoms with Crippen molar-refractivity contribution in [3.8, 4) is 0 Å². The summed E-state index contributed by atoms with van der Waals surface area (Å²) in [5.41, 5.74) is 3.31. The van der Waals surface area contributed by atoms with Crippen molar-refractivity contribution in [2.45, 2.75) is 56.8 Å². The zero-order valence-corrected chi connectivity index (χ0v) is 16.0. The summed E-state index contributed by atoms with van der Waals surface area (Å²) in [6.07, 6.45) is 4.34. The molecule has 28 heavy (non-hydrogen) atoms. The summed E-state index contributed by atoms with van der Waals surface area (Å²) < 4.78 is 0. The minimum atomic E-state index is -0.551. The van der Waals surface area contributed by atoms with Crippen molar-refractivity contribution in [1.29, 1.82) is 0 Å². The Hall–Kier alpha value is -2.25. The number of carbonyl (C=O) groups is 3. The molecule has 3 fully saturated rings. The van der Waals surface area contributed by atoms with Crippen LogP contribution in [0.3, 0.4) is 0 Å². The van der Waals surface area contributed by atoms with Crippen LogP contribution in [0.1, 0.15) is 53.6 Å². The van der Waals surface area contributed by atoms with Gasteiger partial charge >= 0.3 is 0 Å². The van der Waals surface area contributed by atoms with Crippen LogP contribution in [0.4, 0.5) is 0 Å². The number of hydrogen-bond acceptors (Lipinski definition) is 5. The van der Waals surface area contributed by atoms with Crippen molar-refractivity contribution < 1.29 is 14.4 Å². The number of carbonyl (C=O) groups excluding carboxylic acids is 3. The van der Waals surface area contributed by atoms with Crippen LogP contribution in [0.2, 0.25) is 0 Å². The van der Waals surface area contributed by atoms with Gasteiger partial charge in [-0.05, 0) is 49.4 Å². The first-order valence-electron chi connectivity index (χ1n) is 10.3. The molecule has 7 nitrogen and oxygen atoms in total. The summed E-state index contributed by atoms with van der Waals surface area (Å²) in [5.74, 6) is -0.703. The molecule has 5 rings (SSSR count). The van der Waals surface area contributed by atoms with Crippen molar-refractivity contribution in [2.24, 2.45) is 0 Å². The summed E-state index contributed by atoms with van der Waals surface area (Å²) in [6, 6.07) is 5.35. The van der Waals surface area contributed by atoms with Gasteiger partial charge in [0.05, 0.1) is 0 Å². The van der Waals surface area contributed by atoms with Gasteiger partial charge in [0.2, 0.25) is 11.8 Å². The van der Waals surface area contributed by atoms with Crippen LogP contribution in [0, 0.1) is 0 Å². The standard InChI is InChI=1S/C21H26N4O3/c26-18-5-4-17(19(27)23-18)25-13-16-14(2-1-3-15(16)20(25)28)12-24-10-7-21(8-11-24)6-9-22-21/h1-3,17,22H,4-13H2,(H,23,26,27). The Morgan fingerprint density at radius 3 is 2.57 bits per heavy atom. The van der Waals surface area contributed by atoms with Crippen LogP contribution in [0.15, 0.2) is 18.2 Å². The molecule has 1 aromatic rings. The van der Waals surface area contributed by atoms with E-state index in [-0.39, 0.29) is 24.1 Å². The lowest BCUT2D eigenvalue weighted by atomic mass is 9.79. The monoisotopic (exact) mass is 382 g/mol. The highest BCUT2D eigenvalue weighted by atomic mass is 16.2. The molecule has 0 radical (unpaired) electrons. The minimum absolute atomic E-state index is 0.0948. The van der Waals surface area contributed by atoms with Gasteiger partial charge in [-0.25, -0.2) is 0 Å². The summed E-state index contributed by atoms with van der Waals surface area (Å²) in [5, 5.41) is 5.97. The number of amides is 3. The fourth-order valence-electron chi connectivity index (χ4n) is 5.08. The molecule has 2 N–H and O–H groups in total. The van der Waals surface area contributed by atoms with Gasteiger partial charge in [-0.15, -0.1) is 0 Å². The van der Waals surface area contributed by atoms with Crippen LogP contribution < -0.4 is 10.6 Å². The second kappa shape index (κ2) is 6.67. The number of hydrogen-bond donors (Lipinski definition) is 2. The largest absolute Gasteiger partial charge is 0.322 e. The van der Waals surface area contributed by atoms with Gasteiger partial charge in [-0.3, -0.25) is 24.6 Å². The van der Waals surface area contributed by atoms with Crippen molar-refractivity contribution >= 4 is 17.7 Å². The number of benzene rings is 1. The van der Waals surface area contributed by atoms with Crippen molar-refractivity contribution in [3.05, 3.63) is 34.9 Å². The van der Waals surface area contributed by atoms with E-state index in [1.807, 2.05) is 12.1 Å². The van der Waals surface area contributed by atoms with Gasteiger partial charge in [0.15, 0.2) is 0 Å². The molecule has 1 aromatic carbocycles. The second-order valence-corrected chi connectivity index (χ2v) is 8.58. The summed E-state index contributed by atoms with van der Waals surface area (Å²) in [6.45, 7) is 4.58. The van der Waals surface area contributed by atoms with Gasteiger partial charge in [-0.1, -0.05) is 12.1 Å². The fourth-order valence-corrected chi connectivity index (χ4v) is 5.08. The van der Waals surface area contributed by atoms with Crippen LogP contribution in [0.5, 0.6) is 0 Å². The second-order valence-electron chi connectivity index (χ2n) is 8.58. The highest BCUT2D eigenvalue weighted by molar-refractivity contribution is 6.05. The molecular formula is C21H26N4O3. The molecule has 148 valence electrons. The van der Waals surface area contributed by atoms with E-state index in [0.29, 0.717) is 24.1 Å².